The number of anilines is 2. The molecule has 2 aliphatic heterocycles. The van der Waals surface area contributed by atoms with Gasteiger partial charge in [-0.25, -0.2) is 0 Å². The molecule has 4 aromatic rings. The molecule has 0 radical (unpaired) electrons. The standard InChI is InChI=1S/C34H44N4.2C2HF3O2/c1-2-6-14-24-36-32-22-28-38(34-20-12-10-18-30(32)34)26-16-8-4-3-7-15-25-37-27-21-31(35-23-13-5-1)29-17-9-11-19-33(29)37;2*3-2(4,5)1(6)7/h9-12,17-22,27-28H,1-8,13-16,23-26H2;2*(H,6,7). The number of nitrogens with one attached hydrogen (secondary N) is 2. The van der Waals surface area contributed by atoms with Crippen molar-refractivity contribution in [2.45, 2.75) is 102 Å². The van der Waals surface area contributed by atoms with Crippen LogP contribution >= 0.6 is 0 Å². The van der Waals surface area contributed by atoms with Gasteiger partial charge in [0.05, 0.1) is 22.1 Å². The van der Waals surface area contributed by atoms with Crippen LogP contribution in [-0.4, -0.2) is 37.4 Å². The molecule has 0 saturated carbocycles. The lowest BCUT2D eigenvalue weighted by Gasteiger charge is -2.11. The minimum Gasteiger partial charge on any atom is -0.542 e. The maximum Gasteiger partial charge on any atom is 0.430 e. The number of aliphatic carboxylic acids is 2. The molecule has 4 bridgehead atoms. The number of aryl methyl sites for hydroxylation is 2. The highest BCUT2D eigenvalue weighted by Crippen LogP contribution is 2.22. The highest BCUT2D eigenvalue weighted by atomic mass is 19.4. The van der Waals surface area contributed by atoms with E-state index in [1.807, 2.05) is 0 Å². The Morgan fingerprint density at radius 3 is 1.15 bits per heavy atom. The molecule has 284 valence electrons. The predicted octanol–water partition coefficient (Wildman–Crippen LogP) is 6.38. The number of benzene rings is 2. The van der Waals surface area contributed by atoms with Gasteiger partial charge in [0.15, 0.2) is 12.4 Å². The Kier molecular flexibility index (Phi) is 16.9. The van der Waals surface area contributed by atoms with Crippen LogP contribution in [0, 0.1) is 0 Å². The normalized spacial score (nSPS) is 15.7. The van der Waals surface area contributed by atoms with Gasteiger partial charge in [-0.15, -0.1) is 0 Å². The number of halogens is 6. The number of hydrogen-bond donors (Lipinski definition) is 2. The molecule has 0 spiro atoms. The third-order valence-corrected chi connectivity index (χ3v) is 8.59. The maximum atomic E-state index is 10.5. The minimum atomic E-state index is -5.19. The van der Waals surface area contributed by atoms with E-state index in [0.717, 1.165) is 26.2 Å². The monoisotopic (exact) mass is 736 g/mol. The van der Waals surface area contributed by atoms with Crippen molar-refractivity contribution in [3.63, 3.8) is 0 Å². The number of hydrogen-bond acceptors (Lipinski definition) is 6. The number of carbonyl (C=O) groups is 2. The number of fused-ring (bicyclic) bond motifs is 18. The molecule has 8 nitrogen and oxygen atoms in total. The molecule has 2 aromatic heterocycles. The Balaban J connectivity index is 0.000000441. The highest BCUT2D eigenvalue weighted by Gasteiger charge is 2.29. The van der Waals surface area contributed by atoms with Crippen molar-refractivity contribution in [2.75, 3.05) is 23.7 Å². The summed E-state index contributed by atoms with van der Waals surface area (Å²) in [4.78, 5) is 17.6. The van der Waals surface area contributed by atoms with Crippen molar-refractivity contribution in [3.8, 4) is 0 Å². The van der Waals surface area contributed by atoms with Crippen molar-refractivity contribution >= 4 is 45.1 Å². The van der Waals surface area contributed by atoms with Gasteiger partial charge in [0, 0.05) is 50.2 Å². The van der Waals surface area contributed by atoms with Crippen LogP contribution in [0.25, 0.3) is 21.8 Å². The third kappa shape index (κ3) is 14.2. The second kappa shape index (κ2) is 21.0. The van der Waals surface area contributed by atoms with E-state index in [1.54, 1.807) is 0 Å². The maximum absolute atomic E-state index is 10.5. The van der Waals surface area contributed by atoms with Crippen molar-refractivity contribution in [2.24, 2.45) is 0 Å². The Labute approximate surface area is 299 Å². The lowest BCUT2D eigenvalue weighted by atomic mass is 10.1. The van der Waals surface area contributed by atoms with Gasteiger partial charge >= 0.3 is 12.4 Å². The molecule has 0 aliphatic carbocycles. The molecule has 2 aromatic carbocycles. The first-order chi connectivity index (χ1) is 24.8. The fourth-order valence-corrected chi connectivity index (χ4v) is 5.95. The number of alkyl halides is 6. The van der Waals surface area contributed by atoms with E-state index in [0.29, 0.717) is 0 Å². The van der Waals surface area contributed by atoms with E-state index in [4.69, 9.17) is 19.8 Å². The van der Waals surface area contributed by atoms with Crippen LogP contribution in [0.2, 0.25) is 0 Å². The van der Waals surface area contributed by atoms with Gasteiger partial charge in [-0.05, 0) is 37.8 Å². The number of para-hydroxylation sites is 2. The first-order valence-corrected chi connectivity index (χ1v) is 17.7. The number of carboxylic acid groups (broad SMARTS) is 2. The summed E-state index contributed by atoms with van der Waals surface area (Å²) in [5.41, 5.74) is 5.26. The van der Waals surface area contributed by atoms with E-state index in [9.17, 15) is 26.3 Å². The van der Waals surface area contributed by atoms with Crippen LogP contribution in [0.3, 0.4) is 0 Å². The minimum absolute atomic E-state index is 1.05. The summed E-state index contributed by atoms with van der Waals surface area (Å²) in [6, 6.07) is 22.3. The summed E-state index contributed by atoms with van der Waals surface area (Å²) < 4.78 is 68.0. The molecule has 0 fully saturated rings. The number of aromatic nitrogens is 2. The number of rotatable bonds is 0. The summed E-state index contributed by atoms with van der Waals surface area (Å²) in [6.45, 7) is 4.30. The molecule has 6 rings (SSSR count). The zero-order chi connectivity index (χ0) is 38.0. The van der Waals surface area contributed by atoms with Gasteiger partial charge in [0.25, 0.3) is 0 Å². The van der Waals surface area contributed by atoms with Crippen molar-refractivity contribution < 1.29 is 55.3 Å². The Hall–Kier alpha value is -4.62. The van der Waals surface area contributed by atoms with Crippen molar-refractivity contribution in [3.05, 3.63) is 73.1 Å². The molecule has 4 heterocycles. The molecule has 14 heteroatoms. The fourth-order valence-electron chi connectivity index (χ4n) is 5.95. The first-order valence-electron chi connectivity index (χ1n) is 17.7. The van der Waals surface area contributed by atoms with E-state index in [2.05, 4.69) is 92.8 Å². The van der Waals surface area contributed by atoms with Crippen LogP contribution in [0.15, 0.2) is 73.1 Å². The molecule has 0 unspecified atom stereocenters. The van der Waals surface area contributed by atoms with E-state index >= 15 is 0 Å². The molecule has 52 heavy (non-hydrogen) atoms. The number of carboxylic acids is 2. The van der Waals surface area contributed by atoms with Gasteiger partial charge in [0.1, 0.15) is 25.0 Å². The molecule has 2 N–H and O–H groups in total. The molecule has 0 atom stereocenters. The fraction of sp³-hybridized carbons (Fsp3) is 0.474. The van der Waals surface area contributed by atoms with Crippen molar-refractivity contribution in [1.82, 2.24) is 0 Å². The van der Waals surface area contributed by atoms with Crippen LogP contribution in [0.5, 0.6) is 0 Å². The average Bonchev–Trinajstić information content (AvgIpc) is 3.10. The van der Waals surface area contributed by atoms with Crippen LogP contribution in [0.1, 0.15) is 77.0 Å². The quantitative estimate of drug-likeness (QED) is 0.160. The van der Waals surface area contributed by atoms with Crippen LogP contribution in [0.4, 0.5) is 37.7 Å². The van der Waals surface area contributed by atoms with Gasteiger partial charge in [0.2, 0.25) is 11.0 Å². The number of pyridine rings is 2. The third-order valence-electron chi connectivity index (χ3n) is 8.59. The molecule has 0 saturated heterocycles. The average molecular weight is 737 g/mol. The second-order valence-corrected chi connectivity index (χ2v) is 12.5. The van der Waals surface area contributed by atoms with E-state index in [1.165, 1.54) is 110 Å². The SMILES string of the molecule is O=C([O-])C(F)(F)F.O=C([O-])C(F)(F)F.c1ccc2c(c1)c1cc[n+]2CCCCCCCC[n+]2ccc(c3ccccc32)NCCCCCCCCN1. The Bertz CT molecular complexity index is 1590. The molecule has 2 aliphatic rings. The van der Waals surface area contributed by atoms with Gasteiger partial charge < -0.3 is 30.4 Å². The zero-order valence-electron chi connectivity index (χ0n) is 29.0. The number of carbonyl (C=O) groups excluding carboxylic acids is 2. The van der Waals surface area contributed by atoms with Gasteiger partial charge in [-0.1, -0.05) is 62.8 Å². The summed E-state index contributed by atoms with van der Waals surface area (Å²) in [5, 5.41) is 27.7. The summed E-state index contributed by atoms with van der Waals surface area (Å²) in [5.74, 6) is -6.01. The van der Waals surface area contributed by atoms with Crippen LogP contribution < -0.4 is 30.0 Å². The Morgan fingerprint density at radius 2 is 0.808 bits per heavy atom. The van der Waals surface area contributed by atoms with Crippen LogP contribution in [-0.2, 0) is 22.7 Å². The molecular weight excluding hydrogens is 690 g/mol. The topological polar surface area (TPSA) is 112 Å². The van der Waals surface area contributed by atoms with Crippen molar-refractivity contribution in [1.29, 1.82) is 0 Å². The lowest BCUT2D eigenvalue weighted by molar-refractivity contribution is -0.672. The second-order valence-electron chi connectivity index (χ2n) is 12.5. The summed E-state index contributed by atoms with van der Waals surface area (Å²) in [6.07, 6.45) is 9.65. The summed E-state index contributed by atoms with van der Waals surface area (Å²) >= 11 is 0. The lowest BCUT2D eigenvalue weighted by Crippen LogP contribution is -2.37. The van der Waals surface area contributed by atoms with Gasteiger partial charge in [-0.2, -0.15) is 35.5 Å². The first kappa shape index (κ1) is 41.8. The predicted molar refractivity (Wildman–Crippen MR) is 183 cm³/mol. The highest BCUT2D eigenvalue weighted by molar-refractivity contribution is 5.89. The molecule has 0 amide bonds. The Morgan fingerprint density at radius 1 is 0.500 bits per heavy atom. The summed E-state index contributed by atoms with van der Waals surface area (Å²) in [7, 11) is 0. The molecular formula is C38H46F6N4O4. The zero-order valence-corrected chi connectivity index (χ0v) is 29.0. The van der Waals surface area contributed by atoms with Gasteiger partial charge in [-0.3, -0.25) is 0 Å². The number of nitrogens with zero attached hydrogens (tertiary/aromatic N) is 2. The smallest absolute Gasteiger partial charge is 0.430 e. The van der Waals surface area contributed by atoms with E-state index < -0.39 is 24.3 Å². The van der Waals surface area contributed by atoms with E-state index in [-0.39, 0.29) is 0 Å². The largest absolute Gasteiger partial charge is 0.542 e.